The molecule has 0 aliphatic carbocycles. The molecule has 1 rings (SSSR count). The third-order valence-corrected chi connectivity index (χ3v) is 3.26. The summed E-state index contributed by atoms with van der Waals surface area (Å²) in [5.41, 5.74) is 0. The fourth-order valence-corrected chi connectivity index (χ4v) is 2.48. The fourth-order valence-electron chi connectivity index (χ4n) is 1.54. The SMILES string of the molecule is C=C(F)CC1([SiH3])CCCCO1. The second kappa shape index (κ2) is 3.50. The van der Waals surface area contributed by atoms with E-state index in [1.54, 1.807) is 0 Å². The predicted molar refractivity (Wildman–Crippen MR) is 47.3 cm³/mol. The maximum Gasteiger partial charge on any atom is 0.0953 e. The van der Waals surface area contributed by atoms with E-state index in [9.17, 15) is 4.39 Å². The van der Waals surface area contributed by atoms with Gasteiger partial charge in [0, 0.05) is 23.3 Å². The Labute approximate surface area is 70.0 Å². The number of rotatable bonds is 2. The number of hydrogen-bond acceptors (Lipinski definition) is 1. The summed E-state index contributed by atoms with van der Waals surface area (Å²) in [5, 5.41) is -0.135. The lowest BCUT2D eigenvalue weighted by Gasteiger charge is -2.33. The van der Waals surface area contributed by atoms with Crippen LogP contribution in [-0.4, -0.2) is 22.1 Å². The highest BCUT2D eigenvalue weighted by Crippen LogP contribution is 2.27. The van der Waals surface area contributed by atoms with Crippen molar-refractivity contribution in [3.8, 4) is 0 Å². The average molecular weight is 174 g/mol. The molecule has 0 spiro atoms. The van der Waals surface area contributed by atoms with E-state index < -0.39 is 0 Å². The standard InChI is InChI=1S/C8H15FOSi/c1-7(9)6-8(11)4-2-3-5-10-8/h1-6H2,11H3. The van der Waals surface area contributed by atoms with Crippen LogP contribution >= 0.6 is 0 Å². The summed E-state index contributed by atoms with van der Waals surface area (Å²) in [5.74, 6) is -0.234. The molecule has 1 nitrogen and oxygen atoms in total. The molecule has 0 aromatic rings. The molecule has 0 saturated carbocycles. The van der Waals surface area contributed by atoms with Crippen LogP contribution in [0.3, 0.4) is 0 Å². The van der Waals surface area contributed by atoms with Crippen molar-refractivity contribution in [2.45, 2.75) is 30.9 Å². The van der Waals surface area contributed by atoms with Crippen LogP contribution in [-0.2, 0) is 4.74 Å². The molecule has 1 heterocycles. The van der Waals surface area contributed by atoms with E-state index in [1.807, 2.05) is 0 Å². The Bertz CT molecular complexity index is 152. The normalized spacial score (nSPS) is 32.1. The van der Waals surface area contributed by atoms with Crippen LogP contribution in [0.5, 0.6) is 0 Å². The van der Waals surface area contributed by atoms with E-state index >= 15 is 0 Å². The maximum atomic E-state index is 12.5. The molecule has 0 amide bonds. The molecule has 0 N–H and O–H groups in total. The van der Waals surface area contributed by atoms with Gasteiger partial charge in [0.25, 0.3) is 0 Å². The van der Waals surface area contributed by atoms with E-state index in [-0.39, 0.29) is 11.1 Å². The van der Waals surface area contributed by atoms with Crippen molar-refractivity contribution in [3.63, 3.8) is 0 Å². The van der Waals surface area contributed by atoms with Gasteiger partial charge in [0.1, 0.15) is 0 Å². The maximum absolute atomic E-state index is 12.5. The minimum atomic E-state index is -0.234. The van der Waals surface area contributed by atoms with Gasteiger partial charge in [-0.3, -0.25) is 0 Å². The third kappa shape index (κ3) is 2.75. The predicted octanol–water partition coefficient (Wildman–Crippen LogP) is 1.12. The first-order chi connectivity index (χ1) is 5.12. The Kier molecular flexibility index (Phi) is 2.84. The van der Waals surface area contributed by atoms with Crippen LogP contribution in [0.4, 0.5) is 4.39 Å². The lowest BCUT2D eigenvalue weighted by Crippen LogP contribution is -2.36. The first-order valence-corrected chi connectivity index (χ1v) is 5.10. The molecule has 1 unspecified atom stereocenters. The number of halogens is 1. The molecular weight excluding hydrogens is 159 g/mol. The first kappa shape index (κ1) is 8.94. The van der Waals surface area contributed by atoms with Gasteiger partial charge < -0.3 is 4.74 Å². The molecular formula is C8H15FOSi. The van der Waals surface area contributed by atoms with Gasteiger partial charge in [-0.1, -0.05) is 6.58 Å². The molecule has 1 aliphatic heterocycles. The largest absolute Gasteiger partial charge is 0.379 e. The highest BCUT2D eigenvalue weighted by Gasteiger charge is 2.28. The lowest BCUT2D eigenvalue weighted by molar-refractivity contribution is -0.0195. The summed E-state index contributed by atoms with van der Waals surface area (Å²) in [4.78, 5) is 0. The van der Waals surface area contributed by atoms with Crippen molar-refractivity contribution in [2.24, 2.45) is 0 Å². The van der Waals surface area contributed by atoms with Crippen molar-refractivity contribution in [1.82, 2.24) is 0 Å². The lowest BCUT2D eigenvalue weighted by atomic mass is 10.1. The summed E-state index contributed by atoms with van der Waals surface area (Å²) in [6.07, 6.45) is 3.74. The van der Waals surface area contributed by atoms with Gasteiger partial charge in [0.15, 0.2) is 0 Å². The Balaban J connectivity index is 2.43. The Morgan fingerprint density at radius 3 is 2.82 bits per heavy atom. The molecule has 11 heavy (non-hydrogen) atoms. The van der Waals surface area contributed by atoms with Gasteiger partial charge in [-0.2, -0.15) is 0 Å². The van der Waals surface area contributed by atoms with E-state index in [2.05, 4.69) is 6.58 Å². The molecule has 1 aliphatic rings. The molecule has 0 aromatic carbocycles. The number of ether oxygens (including phenoxy) is 1. The molecule has 1 saturated heterocycles. The quantitative estimate of drug-likeness (QED) is 0.570. The van der Waals surface area contributed by atoms with E-state index in [4.69, 9.17) is 4.74 Å². The Hall–Kier alpha value is -0.153. The van der Waals surface area contributed by atoms with Crippen molar-refractivity contribution in [2.75, 3.05) is 6.61 Å². The molecule has 1 atom stereocenters. The van der Waals surface area contributed by atoms with Crippen LogP contribution in [0.2, 0.25) is 0 Å². The van der Waals surface area contributed by atoms with Crippen LogP contribution in [0, 0.1) is 0 Å². The Morgan fingerprint density at radius 1 is 1.64 bits per heavy atom. The molecule has 64 valence electrons. The molecule has 0 aromatic heterocycles. The zero-order valence-electron chi connectivity index (χ0n) is 7.03. The minimum Gasteiger partial charge on any atom is -0.379 e. The average Bonchev–Trinajstić information content (AvgIpc) is 1.85. The monoisotopic (exact) mass is 174 g/mol. The summed E-state index contributed by atoms with van der Waals surface area (Å²) < 4.78 is 18.0. The Morgan fingerprint density at radius 2 is 2.36 bits per heavy atom. The van der Waals surface area contributed by atoms with Gasteiger partial charge in [0.2, 0.25) is 0 Å². The summed E-state index contributed by atoms with van der Waals surface area (Å²) in [7, 11) is 0.905. The summed E-state index contributed by atoms with van der Waals surface area (Å²) >= 11 is 0. The highest BCUT2D eigenvalue weighted by molar-refractivity contribution is 6.14. The smallest absolute Gasteiger partial charge is 0.0953 e. The van der Waals surface area contributed by atoms with Crippen LogP contribution in [0.1, 0.15) is 25.7 Å². The van der Waals surface area contributed by atoms with Crippen LogP contribution in [0.15, 0.2) is 12.4 Å². The first-order valence-electron chi connectivity index (χ1n) is 4.10. The van der Waals surface area contributed by atoms with E-state index in [0.29, 0.717) is 6.42 Å². The van der Waals surface area contributed by atoms with Gasteiger partial charge >= 0.3 is 0 Å². The zero-order valence-corrected chi connectivity index (χ0v) is 9.03. The molecule has 1 fully saturated rings. The van der Waals surface area contributed by atoms with E-state index in [1.165, 1.54) is 6.42 Å². The van der Waals surface area contributed by atoms with Gasteiger partial charge in [0.05, 0.1) is 11.1 Å². The van der Waals surface area contributed by atoms with Crippen molar-refractivity contribution in [1.29, 1.82) is 0 Å². The van der Waals surface area contributed by atoms with Crippen molar-refractivity contribution >= 4 is 10.2 Å². The third-order valence-electron chi connectivity index (χ3n) is 2.12. The van der Waals surface area contributed by atoms with Gasteiger partial charge in [-0.15, -0.1) is 0 Å². The number of hydrogen-bond donors (Lipinski definition) is 0. The van der Waals surface area contributed by atoms with E-state index in [0.717, 1.165) is 29.7 Å². The second-order valence-corrected chi connectivity index (χ2v) is 5.27. The minimum absolute atomic E-state index is 0.135. The summed E-state index contributed by atoms with van der Waals surface area (Å²) in [6, 6.07) is 0. The summed E-state index contributed by atoms with van der Waals surface area (Å²) in [6.45, 7) is 4.07. The zero-order chi connectivity index (χ0) is 8.32. The topological polar surface area (TPSA) is 9.23 Å². The fraction of sp³-hybridized carbons (Fsp3) is 0.750. The molecule has 0 bridgehead atoms. The van der Waals surface area contributed by atoms with Crippen LogP contribution < -0.4 is 0 Å². The van der Waals surface area contributed by atoms with Crippen LogP contribution in [0.25, 0.3) is 0 Å². The van der Waals surface area contributed by atoms with Crippen molar-refractivity contribution < 1.29 is 9.13 Å². The van der Waals surface area contributed by atoms with Gasteiger partial charge in [-0.25, -0.2) is 4.39 Å². The highest BCUT2D eigenvalue weighted by atomic mass is 28.1. The molecule has 0 radical (unpaired) electrons. The van der Waals surface area contributed by atoms with Gasteiger partial charge in [-0.05, 0) is 19.3 Å². The second-order valence-electron chi connectivity index (χ2n) is 3.45. The molecule has 3 heteroatoms. The van der Waals surface area contributed by atoms with Crippen molar-refractivity contribution in [3.05, 3.63) is 12.4 Å².